The normalized spacial score (nSPS) is 11.9. The van der Waals surface area contributed by atoms with Crippen LogP contribution in [-0.2, 0) is 11.3 Å². The van der Waals surface area contributed by atoms with Crippen LogP contribution in [0, 0.1) is 11.3 Å². The van der Waals surface area contributed by atoms with Crippen molar-refractivity contribution in [3.8, 4) is 6.07 Å². The number of para-hydroxylation sites is 2. The second-order valence-electron chi connectivity index (χ2n) is 7.03. The Hall–Kier alpha value is -4.45. The molecule has 0 fully saturated rings. The Bertz CT molecular complexity index is 1430. The molecule has 4 rings (SSSR count). The Labute approximate surface area is 182 Å². The highest BCUT2D eigenvalue weighted by Gasteiger charge is 2.20. The van der Waals surface area contributed by atoms with Crippen molar-refractivity contribution in [1.82, 2.24) is 19.7 Å². The number of hydrogen-bond acceptors (Lipinski definition) is 7. The molecule has 2 aromatic heterocycles. The zero-order valence-corrected chi connectivity index (χ0v) is 17.2. The van der Waals surface area contributed by atoms with Crippen LogP contribution < -0.4 is 5.56 Å². The van der Waals surface area contributed by atoms with Crippen molar-refractivity contribution < 1.29 is 14.6 Å². The molecule has 0 aliphatic carbocycles. The van der Waals surface area contributed by atoms with Crippen LogP contribution in [0.3, 0.4) is 0 Å². The number of aromatic amines is 1. The summed E-state index contributed by atoms with van der Waals surface area (Å²) in [4.78, 5) is 32.6. The first kappa shape index (κ1) is 20.8. The zero-order valence-electron chi connectivity index (χ0n) is 17.2. The highest BCUT2D eigenvalue weighted by Crippen LogP contribution is 2.20. The molecule has 0 aliphatic rings. The number of benzene rings is 2. The molecule has 9 nitrogen and oxygen atoms in total. The topological polar surface area (TPSA) is 134 Å². The van der Waals surface area contributed by atoms with Crippen LogP contribution >= 0.6 is 0 Å². The van der Waals surface area contributed by atoms with Crippen molar-refractivity contribution in [3.63, 3.8) is 0 Å². The van der Waals surface area contributed by atoms with Gasteiger partial charge in [-0.3, -0.25) is 4.79 Å². The lowest BCUT2D eigenvalue weighted by Gasteiger charge is -2.10. The molecule has 2 aromatic carbocycles. The molecule has 0 atom stereocenters. The van der Waals surface area contributed by atoms with Gasteiger partial charge in [0.1, 0.15) is 18.2 Å². The first-order valence-electron chi connectivity index (χ1n) is 9.97. The van der Waals surface area contributed by atoms with Crippen molar-refractivity contribution in [3.05, 3.63) is 76.2 Å². The van der Waals surface area contributed by atoms with E-state index < -0.39 is 18.3 Å². The summed E-state index contributed by atoms with van der Waals surface area (Å²) >= 11 is 0. The summed E-state index contributed by atoms with van der Waals surface area (Å²) in [5, 5.41) is 24.8. The number of nitriles is 1. The lowest BCUT2D eigenvalue weighted by Crippen LogP contribution is -2.26. The summed E-state index contributed by atoms with van der Waals surface area (Å²) in [5.74, 6) is -1.10. The van der Waals surface area contributed by atoms with E-state index in [1.807, 2.05) is 19.1 Å². The van der Waals surface area contributed by atoms with Gasteiger partial charge in [0.15, 0.2) is 17.3 Å². The van der Waals surface area contributed by atoms with Crippen molar-refractivity contribution in [2.45, 2.75) is 19.9 Å². The van der Waals surface area contributed by atoms with Crippen LogP contribution in [-0.4, -0.2) is 37.4 Å². The molecule has 0 unspecified atom stereocenters. The first-order chi connectivity index (χ1) is 15.5. The molecule has 9 heteroatoms. The minimum Gasteiger partial charge on any atom is -0.507 e. The fourth-order valence-corrected chi connectivity index (χ4v) is 3.35. The number of esters is 1. The summed E-state index contributed by atoms with van der Waals surface area (Å²) in [7, 11) is 0. The number of ether oxygens (including phenoxy) is 1. The molecule has 0 spiro atoms. The third kappa shape index (κ3) is 3.81. The molecular formula is C23H19N5O4. The van der Waals surface area contributed by atoms with Gasteiger partial charge in [0.05, 0.1) is 16.4 Å². The number of aliphatic hydroxyl groups is 1. The first-order valence-corrected chi connectivity index (χ1v) is 9.97. The van der Waals surface area contributed by atoms with Gasteiger partial charge in [-0.15, -0.1) is 0 Å². The van der Waals surface area contributed by atoms with Gasteiger partial charge in [-0.2, -0.15) is 10.4 Å². The molecule has 2 N–H and O–H groups in total. The van der Waals surface area contributed by atoms with Gasteiger partial charge >= 0.3 is 5.97 Å². The fourth-order valence-electron chi connectivity index (χ4n) is 3.35. The standard InChI is InChI=1S/C23H19N5O4/c1-2-11-28-22(30)15-8-4-3-7-14(15)20(27-28)23(31)32-13-19(29)16(12-24)21-25-17-9-5-6-10-18(17)26-21/h3-10,29H,2,11,13H2,1H3,(H,25,26)/b19-16-. The Morgan fingerprint density at radius 1 is 1.19 bits per heavy atom. The summed E-state index contributed by atoms with van der Waals surface area (Å²) in [6.07, 6.45) is 0.659. The second kappa shape index (κ2) is 8.73. The van der Waals surface area contributed by atoms with Gasteiger partial charge in [-0.1, -0.05) is 37.3 Å². The molecule has 2 heterocycles. The molecule has 0 saturated carbocycles. The van der Waals surface area contributed by atoms with E-state index >= 15 is 0 Å². The number of carbonyl (C=O) groups is 1. The number of aliphatic hydroxyl groups excluding tert-OH is 1. The van der Waals surface area contributed by atoms with Crippen molar-refractivity contribution >= 4 is 33.3 Å². The summed E-state index contributed by atoms with van der Waals surface area (Å²) < 4.78 is 6.46. The summed E-state index contributed by atoms with van der Waals surface area (Å²) in [6, 6.07) is 15.7. The number of imidazole rings is 1. The van der Waals surface area contributed by atoms with E-state index in [1.54, 1.807) is 42.5 Å². The van der Waals surface area contributed by atoms with E-state index in [0.29, 0.717) is 34.8 Å². The minimum absolute atomic E-state index is 0.0382. The Kier molecular flexibility index (Phi) is 5.68. The predicted molar refractivity (Wildman–Crippen MR) is 118 cm³/mol. The number of hydrogen-bond donors (Lipinski definition) is 2. The Balaban J connectivity index is 1.64. The number of aromatic nitrogens is 4. The molecule has 0 aliphatic heterocycles. The van der Waals surface area contributed by atoms with Crippen molar-refractivity contribution in [1.29, 1.82) is 5.26 Å². The van der Waals surface area contributed by atoms with Crippen molar-refractivity contribution in [2.24, 2.45) is 0 Å². The lowest BCUT2D eigenvalue weighted by atomic mass is 10.1. The number of aryl methyl sites for hydroxylation is 1. The zero-order chi connectivity index (χ0) is 22.7. The van der Waals surface area contributed by atoms with Crippen molar-refractivity contribution in [2.75, 3.05) is 6.61 Å². The predicted octanol–water partition coefficient (Wildman–Crippen LogP) is 3.33. The smallest absolute Gasteiger partial charge is 0.359 e. The van der Waals surface area contributed by atoms with Crippen LogP contribution in [0.15, 0.2) is 59.1 Å². The number of carbonyl (C=O) groups excluding carboxylic acids is 1. The largest absolute Gasteiger partial charge is 0.507 e. The maximum absolute atomic E-state index is 12.8. The Morgan fingerprint density at radius 2 is 1.91 bits per heavy atom. The van der Waals surface area contributed by atoms with Crippen LogP contribution in [0.25, 0.3) is 27.4 Å². The monoisotopic (exact) mass is 429 g/mol. The van der Waals surface area contributed by atoms with Gasteiger partial charge in [0.2, 0.25) is 0 Å². The lowest BCUT2D eigenvalue weighted by molar-refractivity contribution is 0.0495. The third-order valence-electron chi connectivity index (χ3n) is 4.86. The molecule has 0 radical (unpaired) electrons. The van der Waals surface area contributed by atoms with E-state index in [9.17, 15) is 20.0 Å². The van der Waals surface area contributed by atoms with Crippen LogP contribution in [0.4, 0.5) is 0 Å². The molecule has 0 saturated heterocycles. The third-order valence-corrected chi connectivity index (χ3v) is 4.86. The second-order valence-corrected chi connectivity index (χ2v) is 7.03. The van der Waals surface area contributed by atoms with Gasteiger partial charge < -0.3 is 14.8 Å². The maximum atomic E-state index is 12.8. The number of H-pyrrole nitrogens is 1. The quantitative estimate of drug-likeness (QED) is 0.273. The molecule has 32 heavy (non-hydrogen) atoms. The average Bonchev–Trinajstić information content (AvgIpc) is 3.23. The van der Waals surface area contributed by atoms with Crippen LogP contribution in [0.2, 0.25) is 0 Å². The fraction of sp³-hybridized carbons (Fsp3) is 0.174. The summed E-state index contributed by atoms with van der Waals surface area (Å²) in [6.45, 7) is 1.69. The molecule has 0 bridgehead atoms. The SMILES string of the molecule is CCCn1nc(C(=O)OC/C(O)=C(\C#N)c2nc3ccccc3[nH]2)c2ccccc2c1=O. The molecule has 4 aromatic rings. The average molecular weight is 429 g/mol. The van der Waals surface area contributed by atoms with Crippen LogP contribution in [0.5, 0.6) is 0 Å². The summed E-state index contributed by atoms with van der Waals surface area (Å²) in [5.41, 5.74) is 0.868. The molecule has 160 valence electrons. The van der Waals surface area contributed by atoms with E-state index in [2.05, 4.69) is 15.1 Å². The molecule has 0 amide bonds. The highest BCUT2D eigenvalue weighted by atomic mass is 16.5. The number of allylic oxidation sites excluding steroid dienone is 1. The minimum atomic E-state index is -0.820. The number of fused-ring (bicyclic) bond motifs is 2. The van der Waals surface area contributed by atoms with Gasteiger partial charge in [0.25, 0.3) is 5.56 Å². The maximum Gasteiger partial charge on any atom is 0.359 e. The van der Waals surface area contributed by atoms with E-state index in [4.69, 9.17) is 4.74 Å². The number of rotatable bonds is 6. The number of nitrogens with one attached hydrogen (secondary N) is 1. The highest BCUT2D eigenvalue weighted by molar-refractivity contribution is 6.02. The van der Waals surface area contributed by atoms with Gasteiger partial charge in [-0.25, -0.2) is 14.5 Å². The van der Waals surface area contributed by atoms with Crippen LogP contribution in [0.1, 0.15) is 29.7 Å². The van der Waals surface area contributed by atoms with E-state index in [0.717, 1.165) is 0 Å². The van der Waals surface area contributed by atoms with E-state index in [-0.39, 0.29) is 22.7 Å². The van der Waals surface area contributed by atoms with E-state index in [1.165, 1.54) is 4.68 Å². The van der Waals surface area contributed by atoms with Gasteiger partial charge in [0, 0.05) is 11.9 Å². The Morgan fingerprint density at radius 3 is 2.62 bits per heavy atom. The molecular weight excluding hydrogens is 410 g/mol. The number of nitrogens with zero attached hydrogens (tertiary/aromatic N) is 4. The van der Waals surface area contributed by atoms with Gasteiger partial charge in [-0.05, 0) is 24.6 Å².